The van der Waals surface area contributed by atoms with E-state index in [-0.39, 0.29) is 17.9 Å². The predicted octanol–water partition coefficient (Wildman–Crippen LogP) is 3.30. The van der Waals surface area contributed by atoms with Gasteiger partial charge in [-0.2, -0.15) is 0 Å². The van der Waals surface area contributed by atoms with Crippen molar-refractivity contribution < 1.29 is 9.59 Å². The van der Waals surface area contributed by atoms with Crippen molar-refractivity contribution in [3.8, 4) is 0 Å². The number of carbonyl (C=O) groups excluding carboxylic acids is 2. The molecule has 0 aliphatic carbocycles. The van der Waals surface area contributed by atoms with Gasteiger partial charge in [0.2, 0.25) is 0 Å². The van der Waals surface area contributed by atoms with Crippen LogP contribution in [-0.2, 0) is 0 Å². The maximum absolute atomic E-state index is 12.6. The van der Waals surface area contributed by atoms with Crippen molar-refractivity contribution in [3.05, 3.63) is 47.5 Å². The van der Waals surface area contributed by atoms with Gasteiger partial charge < -0.3 is 16.0 Å². The first kappa shape index (κ1) is 18.4. The van der Waals surface area contributed by atoms with Crippen LogP contribution in [0.3, 0.4) is 0 Å². The molecule has 1 aromatic carbocycles. The molecule has 0 saturated carbocycles. The molecule has 0 aliphatic rings. The van der Waals surface area contributed by atoms with Gasteiger partial charge >= 0.3 is 6.03 Å². The van der Waals surface area contributed by atoms with Crippen molar-refractivity contribution in [1.82, 2.24) is 15.3 Å². The van der Waals surface area contributed by atoms with E-state index in [2.05, 4.69) is 25.9 Å². The zero-order valence-electron chi connectivity index (χ0n) is 14.9. The molecule has 0 aliphatic heterocycles. The quantitative estimate of drug-likeness (QED) is 0.777. The molecule has 3 N–H and O–H groups in total. The van der Waals surface area contributed by atoms with Crippen LogP contribution in [0.1, 0.15) is 48.3 Å². The number of benzene rings is 1. The van der Waals surface area contributed by atoms with E-state index in [4.69, 9.17) is 0 Å². The summed E-state index contributed by atoms with van der Waals surface area (Å²) >= 11 is 0. The molecule has 25 heavy (non-hydrogen) atoms. The third kappa shape index (κ3) is 4.53. The van der Waals surface area contributed by atoms with Crippen LogP contribution in [-0.4, -0.2) is 28.5 Å². The molecule has 1 aromatic heterocycles. The van der Waals surface area contributed by atoms with Gasteiger partial charge in [0.15, 0.2) is 0 Å². The smallest absolute Gasteiger partial charge is 0.319 e. The maximum Gasteiger partial charge on any atom is 0.319 e. The van der Waals surface area contributed by atoms with Crippen molar-refractivity contribution in [2.24, 2.45) is 0 Å². The van der Waals surface area contributed by atoms with Crippen LogP contribution < -0.4 is 16.0 Å². The fraction of sp³-hybridized carbons (Fsp3) is 0.333. The summed E-state index contributed by atoms with van der Waals surface area (Å²) in [7, 11) is 0. The Hall–Kier alpha value is -2.96. The van der Waals surface area contributed by atoms with E-state index < -0.39 is 0 Å². The minimum atomic E-state index is -0.285. The molecule has 2 rings (SSSR count). The highest BCUT2D eigenvalue weighted by Gasteiger charge is 2.17. The number of urea groups is 1. The second kappa shape index (κ2) is 8.23. The van der Waals surface area contributed by atoms with Crippen LogP contribution >= 0.6 is 0 Å². The molecule has 7 heteroatoms. The Balaban J connectivity index is 2.23. The van der Waals surface area contributed by atoms with E-state index in [0.29, 0.717) is 29.2 Å². The number of rotatable bonds is 5. The summed E-state index contributed by atoms with van der Waals surface area (Å²) in [4.78, 5) is 32.5. The number of hydrogen-bond acceptors (Lipinski definition) is 4. The van der Waals surface area contributed by atoms with Gasteiger partial charge in [-0.15, -0.1) is 0 Å². The van der Waals surface area contributed by atoms with Crippen LogP contribution in [0.2, 0.25) is 0 Å². The van der Waals surface area contributed by atoms with Gasteiger partial charge in [-0.05, 0) is 37.5 Å². The van der Waals surface area contributed by atoms with E-state index in [1.807, 2.05) is 27.7 Å². The first-order valence-corrected chi connectivity index (χ1v) is 8.19. The van der Waals surface area contributed by atoms with Crippen molar-refractivity contribution in [3.63, 3.8) is 0 Å². The van der Waals surface area contributed by atoms with E-state index in [1.54, 1.807) is 18.2 Å². The van der Waals surface area contributed by atoms with Crippen molar-refractivity contribution in [2.45, 2.75) is 33.6 Å². The molecule has 3 amide bonds. The Morgan fingerprint density at radius 2 is 1.84 bits per heavy atom. The van der Waals surface area contributed by atoms with Gasteiger partial charge in [0.05, 0.1) is 11.3 Å². The number of nitrogens with one attached hydrogen (secondary N) is 3. The molecule has 7 nitrogen and oxygen atoms in total. The summed E-state index contributed by atoms with van der Waals surface area (Å²) in [5.74, 6) is -0.168. The third-order valence-corrected chi connectivity index (χ3v) is 3.70. The number of aromatic nitrogens is 2. The fourth-order valence-corrected chi connectivity index (χ4v) is 2.40. The highest BCUT2D eigenvalue weighted by molar-refractivity contribution is 6.06. The minimum Gasteiger partial charge on any atom is -0.338 e. The minimum absolute atomic E-state index is 0.107. The highest BCUT2D eigenvalue weighted by Crippen LogP contribution is 2.24. The van der Waals surface area contributed by atoms with Crippen LogP contribution in [0.5, 0.6) is 0 Å². The second-order valence-corrected chi connectivity index (χ2v) is 5.89. The number of anilines is 2. The Labute approximate surface area is 147 Å². The van der Waals surface area contributed by atoms with Crippen LogP contribution in [0.15, 0.2) is 30.7 Å². The lowest BCUT2D eigenvalue weighted by molar-refractivity contribution is 0.102. The number of amides is 3. The normalized spacial score (nSPS) is 10.4. The van der Waals surface area contributed by atoms with E-state index in [9.17, 15) is 9.59 Å². The molecule has 2 aromatic rings. The highest BCUT2D eigenvalue weighted by atomic mass is 16.2. The van der Waals surface area contributed by atoms with Crippen molar-refractivity contribution in [2.75, 3.05) is 17.2 Å². The molecule has 0 saturated heterocycles. The molecule has 0 unspecified atom stereocenters. The average molecular weight is 341 g/mol. The Morgan fingerprint density at radius 1 is 1.16 bits per heavy atom. The van der Waals surface area contributed by atoms with Gasteiger partial charge in [0, 0.05) is 24.1 Å². The summed E-state index contributed by atoms with van der Waals surface area (Å²) in [6.07, 6.45) is 2.96. The van der Waals surface area contributed by atoms with E-state index in [0.717, 1.165) is 5.56 Å². The molecule has 0 radical (unpaired) electrons. The Bertz CT molecular complexity index is 774. The molecule has 0 fully saturated rings. The number of hydrogen-bond donors (Lipinski definition) is 3. The summed E-state index contributed by atoms with van der Waals surface area (Å²) in [6.45, 7) is 8.16. The summed E-state index contributed by atoms with van der Waals surface area (Å²) in [5, 5.41) is 8.32. The van der Waals surface area contributed by atoms with Crippen molar-refractivity contribution in [1.29, 1.82) is 0 Å². The predicted molar refractivity (Wildman–Crippen MR) is 97.9 cm³/mol. The summed E-state index contributed by atoms with van der Waals surface area (Å²) in [5.41, 5.74) is 3.17. The van der Waals surface area contributed by atoms with Crippen LogP contribution in [0.25, 0.3) is 0 Å². The average Bonchev–Trinajstić information content (AvgIpc) is 2.58. The van der Waals surface area contributed by atoms with Gasteiger partial charge in [-0.25, -0.2) is 14.8 Å². The lowest BCUT2D eigenvalue weighted by atomic mass is 10.0. The lowest BCUT2D eigenvalue weighted by Crippen LogP contribution is -2.28. The molecule has 132 valence electrons. The van der Waals surface area contributed by atoms with E-state index >= 15 is 0 Å². The topological polar surface area (TPSA) is 96.0 Å². The molecule has 0 atom stereocenters. The zero-order valence-corrected chi connectivity index (χ0v) is 14.9. The molecule has 0 spiro atoms. The standard InChI is InChI=1S/C18H23N5O2/c1-5-20-18(25)23-15-8-6-7-14(12(15)4)22-17(24)13-9-19-10-21-16(13)11(2)3/h6-11H,5H2,1-4H3,(H,22,24)(H2,20,23,25). The molecular weight excluding hydrogens is 318 g/mol. The Kier molecular flexibility index (Phi) is 6.05. The Morgan fingerprint density at radius 3 is 2.48 bits per heavy atom. The first-order chi connectivity index (χ1) is 11.9. The first-order valence-electron chi connectivity index (χ1n) is 8.19. The largest absolute Gasteiger partial charge is 0.338 e. The summed E-state index contributed by atoms with van der Waals surface area (Å²) in [6, 6.07) is 5.06. The SMILES string of the molecule is CCNC(=O)Nc1cccc(NC(=O)c2cncnc2C(C)C)c1C. The number of nitrogens with zero attached hydrogens (tertiary/aromatic N) is 2. The van der Waals surface area contributed by atoms with E-state index in [1.165, 1.54) is 12.5 Å². The molecule has 1 heterocycles. The van der Waals surface area contributed by atoms with Crippen LogP contribution in [0.4, 0.5) is 16.2 Å². The van der Waals surface area contributed by atoms with Gasteiger partial charge in [0.25, 0.3) is 5.91 Å². The zero-order chi connectivity index (χ0) is 18.4. The van der Waals surface area contributed by atoms with Crippen molar-refractivity contribution >= 4 is 23.3 Å². The molecular formula is C18H23N5O2. The maximum atomic E-state index is 12.6. The second-order valence-electron chi connectivity index (χ2n) is 5.89. The summed E-state index contributed by atoms with van der Waals surface area (Å²) < 4.78 is 0. The number of carbonyl (C=O) groups is 2. The third-order valence-electron chi connectivity index (χ3n) is 3.70. The lowest BCUT2D eigenvalue weighted by Gasteiger charge is -2.15. The molecule has 0 bridgehead atoms. The van der Waals surface area contributed by atoms with Gasteiger partial charge in [0.1, 0.15) is 6.33 Å². The fourth-order valence-electron chi connectivity index (χ4n) is 2.40. The van der Waals surface area contributed by atoms with Crippen LogP contribution in [0, 0.1) is 6.92 Å². The monoisotopic (exact) mass is 341 g/mol. The van der Waals surface area contributed by atoms with Gasteiger partial charge in [-0.1, -0.05) is 19.9 Å². The van der Waals surface area contributed by atoms with Gasteiger partial charge in [-0.3, -0.25) is 4.79 Å².